The SMILES string of the molecule is COC(=O)c1ccc2cc(-c3ccc4cc(C(=O)OC)ccc4c3)ccc2c1. The Morgan fingerprint density at radius 2 is 0.893 bits per heavy atom. The summed E-state index contributed by atoms with van der Waals surface area (Å²) in [5, 5.41) is 4.06. The summed E-state index contributed by atoms with van der Waals surface area (Å²) in [5.41, 5.74) is 3.24. The first-order valence-electron chi connectivity index (χ1n) is 8.84. The average Bonchev–Trinajstić information content (AvgIpc) is 2.76. The van der Waals surface area contributed by atoms with E-state index in [0.29, 0.717) is 11.1 Å². The highest BCUT2D eigenvalue weighted by Gasteiger charge is 2.09. The van der Waals surface area contributed by atoms with Crippen molar-refractivity contribution >= 4 is 33.5 Å². The second-order valence-corrected chi connectivity index (χ2v) is 6.54. The molecule has 4 aromatic rings. The van der Waals surface area contributed by atoms with Gasteiger partial charge in [-0.3, -0.25) is 0 Å². The fourth-order valence-electron chi connectivity index (χ4n) is 3.34. The summed E-state index contributed by atoms with van der Waals surface area (Å²) in [7, 11) is 2.76. The molecule has 0 amide bonds. The standard InChI is InChI=1S/C24H18O4/c1-27-23(25)21-9-7-17-11-15(3-5-19(17)13-21)16-4-6-20-14-22(24(26)28-2)10-8-18(20)12-16/h3-14H,1-2H3. The van der Waals surface area contributed by atoms with Crippen molar-refractivity contribution in [1.82, 2.24) is 0 Å². The van der Waals surface area contributed by atoms with Crippen LogP contribution in [-0.4, -0.2) is 26.2 Å². The average molecular weight is 370 g/mol. The van der Waals surface area contributed by atoms with Crippen LogP contribution in [0, 0.1) is 0 Å². The molecule has 4 aromatic carbocycles. The van der Waals surface area contributed by atoms with Crippen molar-refractivity contribution in [3.8, 4) is 11.1 Å². The molecule has 0 aliphatic rings. The van der Waals surface area contributed by atoms with Gasteiger partial charge in [-0.15, -0.1) is 0 Å². The highest BCUT2D eigenvalue weighted by atomic mass is 16.5. The lowest BCUT2D eigenvalue weighted by atomic mass is 9.97. The molecule has 0 aliphatic carbocycles. The van der Waals surface area contributed by atoms with E-state index in [4.69, 9.17) is 9.47 Å². The Hall–Kier alpha value is -3.66. The Morgan fingerprint density at radius 3 is 1.29 bits per heavy atom. The number of methoxy groups -OCH3 is 2. The molecule has 0 N–H and O–H groups in total. The number of hydrogen-bond acceptors (Lipinski definition) is 4. The maximum atomic E-state index is 11.7. The van der Waals surface area contributed by atoms with Gasteiger partial charge in [0.05, 0.1) is 25.3 Å². The summed E-state index contributed by atoms with van der Waals surface area (Å²) in [6.07, 6.45) is 0. The first-order chi connectivity index (χ1) is 13.6. The van der Waals surface area contributed by atoms with Crippen molar-refractivity contribution in [3.05, 3.63) is 83.9 Å². The van der Waals surface area contributed by atoms with Crippen LogP contribution in [0.2, 0.25) is 0 Å². The Kier molecular flexibility index (Phi) is 4.53. The molecule has 0 fully saturated rings. The van der Waals surface area contributed by atoms with E-state index in [-0.39, 0.29) is 11.9 Å². The first kappa shape index (κ1) is 17.7. The van der Waals surface area contributed by atoms with Crippen molar-refractivity contribution in [2.24, 2.45) is 0 Å². The molecule has 0 bridgehead atoms. The van der Waals surface area contributed by atoms with Gasteiger partial charge < -0.3 is 9.47 Å². The minimum Gasteiger partial charge on any atom is -0.465 e. The minimum atomic E-state index is -0.341. The lowest BCUT2D eigenvalue weighted by Crippen LogP contribution is -2.00. The molecule has 0 heterocycles. The second kappa shape index (κ2) is 7.16. The van der Waals surface area contributed by atoms with E-state index < -0.39 is 0 Å². The summed E-state index contributed by atoms with van der Waals surface area (Å²) < 4.78 is 9.56. The zero-order valence-electron chi connectivity index (χ0n) is 15.6. The lowest BCUT2D eigenvalue weighted by Gasteiger charge is -2.08. The van der Waals surface area contributed by atoms with Gasteiger partial charge in [-0.05, 0) is 69.1 Å². The summed E-state index contributed by atoms with van der Waals surface area (Å²) >= 11 is 0. The molecule has 0 spiro atoms. The number of carbonyl (C=O) groups is 2. The molecule has 0 saturated heterocycles. The van der Waals surface area contributed by atoms with Crippen molar-refractivity contribution in [3.63, 3.8) is 0 Å². The van der Waals surface area contributed by atoms with E-state index in [1.165, 1.54) is 14.2 Å². The van der Waals surface area contributed by atoms with Crippen LogP contribution >= 0.6 is 0 Å². The van der Waals surface area contributed by atoms with Gasteiger partial charge in [-0.2, -0.15) is 0 Å². The third-order valence-electron chi connectivity index (χ3n) is 4.86. The van der Waals surface area contributed by atoms with Crippen molar-refractivity contribution in [2.45, 2.75) is 0 Å². The van der Waals surface area contributed by atoms with Crippen LogP contribution < -0.4 is 0 Å². The van der Waals surface area contributed by atoms with E-state index in [0.717, 1.165) is 32.7 Å². The number of benzene rings is 4. The molecule has 0 saturated carbocycles. The predicted molar refractivity (Wildman–Crippen MR) is 110 cm³/mol. The summed E-state index contributed by atoms with van der Waals surface area (Å²) in [5.74, 6) is -0.682. The molecule has 0 aliphatic heterocycles. The van der Waals surface area contributed by atoms with Crippen LogP contribution in [0.25, 0.3) is 32.7 Å². The largest absolute Gasteiger partial charge is 0.465 e. The first-order valence-corrected chi connectivity index (χ1v) is 8.84. The maximum Gasteiger partial charge on any atom is 0.337 e. The Bertz CT molecular complexity index is 1130. The van der Waals surface area contributed by atoms with E-state index in [1.807, 2.05) is 48.5 Å². The third kappa shape index (κ3) is 3.21. The minimum absolute atomic E-state index is 0.341. The molecule has 4 heteroatoms. The van der Waals surface area contributed by atoms with E-state index in [9.17, 15) is 9.59 Å². The van der Waals surface area contributed by atoms with Crippen molar-refractivity contribution in [2.75, 3.05) is 14.2 Å². The van der Waals surface area contributed by atoms with Gasteiger partial charge in [0.2, 0.25) is 0 Å². The second-order valence-electron chi connectivity index (χ2n) is 6.54. The van der Waals surface area contributed by atoms with Gasteiger partial charge in [-0.1, -0.05) is 36.4 Å². The molecular weight excluding hydrogens is 352 g/mol. The molecule has 4 nitrogen and oxygen atoms in total. The smallest absolute Gasteiger partial charge is 0.337 e. The van der Waals surface area contributed by atoms with Gasteiger partial charge in [0.25, 0.3) is 0 Å². The van der Waals surface area contributed by atoms with Crippen molar-refractivity contribution in [1.29, 1.82) is 0 Å². The normalized spacial score (nSPS) is 10.8. The number of fused-ring (bicyclic) bond motifs is 2. The fourth-order valence-corrected chi connectivity index (χ4v) is 3.34. The van der Waals surface area contributed by atoms with Crippen LogP contribution in [-0.2, 0) is 9.47 Å². The lowest BCUT2D eigenvalue weighted by molar-refractivity contribution is 0.0592. The summed E-state index contributed by atoms with van der Waals surface area (Å²) in [6.45, 7) is 0. The summed E-state index contributed by atoms with van der Waals surface area (Å²) in [4.78, 5) is 23.4. The Morgan fingerprint density at radius 1 is 0.536 bits per heavy atom. The highest BCUT2D eigenvalue weighted by molar-refractivity contribution is 5.98. The number of esters is 2. The molecule has 0 atom stereocenters. The van der Waals surface area contributed by atoms with E-state index in [2.05, 4.69) is 12.1 Å². The zero-order valence-corrected chi connectivity index (χ0v) is 15.6. The quantitative estimate of drug-likeness (QED) is 0.463. The maximum absolute atomic E-state index is 11.7. The Balaban J connectivity index is 1.73. The molecule has 138 valence electrons. The molecular formula is C24H18O4. The molecule has 4 rings (SSSR count). The molecule has 0 unspecified atom stereocenters. The van der Waals surface area contributed by atoms with E-state index in [1.54, 1.807) is 12.1 Å². The van der Waals surface area contributed by atoms with Gasteiger partial charge in [0.15, 0.2) is 0 Å². The van der Waals surface area contributed by atoms with Crippen LogP contribution in [0.3, 0.4) is 0 Å². The fraction of sp³-hybridized carbons (Fsp3) is 0.0833. The molecule has 28 heavy (non-hydrogen) atoms. The molecule has 0 aromatic heterocycles. The highest BCUT2D eigenvalue weighted by Crippen LogP contribution is 2.28. The van der Waals surface area contributed by atoms with Gasteiger partial charge in [-0.25, -0.2) is 9.59 Å². The number of carbonyl (C=O) groups excluding carboxylic acids is 2. The predicted octanol–water partition coefficient (Wildman–Crippen LogP) is 5.23. The number of hydrogen-bond donors (Lipinski definition) is 0. The zero-order chi connectivity index (χ0) is 19.7. The van der Waals surface area contributed by atoms with Gasteiger partial charge in [0, 0.05) is 0 Å². The van der Waals surface area contributed by atoms with Crippen LogP contribution in [0.15, 0.2) is 72.8 Å². The van der Waals surface area contributed by atoms with Crippen LogP contribution in [0.4, 0.5) is 0 Å². The third-order valence-corrected chi connectivity index (χ3v) is 4.86. The monoisotopic (exact) mass is 370 g/mol. The van der Waals surface area contributed by atoms with Crippen LogP contribution in [0.1, 0.15) is 20.7 Å². The van der Waals surface area contributed by atoms with Crippen LogP contribution in [0.5, 0.6) is 0 Å². The topological polar surface area (TPSA) is 52.6 Å². The van der Waals surface area contributed by atoms with E-state index >= 15 is 0 Å². The van der Waals surface area contributed by atoms with Gasteiger partial charge >= 0.3 is 11.9 Å². The number of rotatable bonds is 3. The number of ether oxygens (including phenoxy) is 2. The summed E-state index contributed by atoms with van der Waals surface area (Å²) in [6, 6.07) is 23.3. The van der Waals surface area contributed by atoms with Crippen molar-refractivity contribution < 1.29 is 19.1 Å². The Labute approximate surface area is 162 Å². The van der Waals surface area contributed by atoms with Gasteiger partial charge in [0.1, 0.15) is 0 Å². The molecule has 0 radical (unpaired) electrons.